The van der Waals surface area contributed by atoms with Gasteiger partial charge >= 0.3 is 6.03 Å². The maximum Gasteiger partial charge on any atom is 0.320 e. The van der Waals surface area contributed by atoms with Gasteiger partial charge in [-0.25, -0.2) is 4.79 Å². The van der Waals surface area contributed by atoms with Crippen molar-refractivity contribution in [3.63, 3.8) is 0 Å². The lowest BCUT2D eigenvalue weighted by Gasteiger charge is -2.34. The van der Waals surface area contributed by atoms with E-state index in [1.54, 1.807) is 4.90 Å². The number of likely N-dealkylation sites (tertiary alicyclic amines) is 1. The van der Waals surface area contributed by atoms with Crippen molar-refractivity contribution in [1.29, 1.82) is 0 Å². The standard InChI is InChI=1S/C14H27N3O2/c1-5-16(10-13(18)15-11(2)3)14(19)17-8-6-12(4)7-9-17/h11-12H,5-10H2,1-4H3,(H,15,18). The fourth-order valence-electron chi connectivity index (χ4n) is 2.26. The molecule has 0 aliphatic carbocycles. The molecule has 0 aromatic rings. The molecular formula is C14H27N3O2. The second kappa shape index (κ2) is 7.36. The van der Waals surface area contributed by atoms with E-state index in [9.17, 15) is 9.59 Å². The van der Waals surface area contributed by atoms with Crippen LogP contribution in [0.3, 0.4) is 0 Å². The summed E-state index contributed by atoms with van der Waals surface area (Å²) < 4.78 is 0. The highest BCUT2D eigenvalue weighted by Crippen LogP contribution is 2.17. The van der Waals surface area contributed by atoms with Crippen LogP contribution in [0, 0.1) is 5.92 Å². The first-order valence-corrected chi connectivity index (χ1v) is 7.27. The van der Waals surface area contributed by atoms with Crippen molar-refractivity contribution in [2.24, 2.45) is 5.92 Å². The second-order valence-electron chi connectivity index (χ2n) is 5.69. The molecule has 0 radical (unpaired) electrons. The molecule has 0 spiro atoms. The summed E-state index contributed by atoms with van der Waals surface area (Å²) in [5, 5.41) is 2.82. The number of likely N-dealkylation sites (N-methyl/N-ethyl adjacent to an activating group) is 1. The van der Waals surface area contributed by atoms with E-state index in [1.807, 2.05) is 25.7 Å². The van der Waals surface area contributed by atoms with Crippen LogP contribution >= 0.6 is 0 Å². The van der Waals surface area contributed by atoms with Gasteiger partial charge in [0.1, 0.15) is 6.54 Å². The van der Waals surface area contributed by atoms with Gasteiger partial charge < -0.3 is 15.1 Å². The largest absolute Gasteiger partial charge is 0.352 e. The lowest BCUT2D eigenvalue weighted by molar-refractivity contribution is -0.122. The van der Waals surface area contributed by atoms with Gasteiger partial charge in [-0.3, -0.25) is 4.79 Å². The molecule has 0 aromatic carbocycles. The van der Waals surface area contributed by atoms with Crippen LogP contribution in [0.5, 0.6) is 0 Å². The average Bonchev–Trinajstić information content (AvgIpc) is 2.35. The second-order valence-corrected chi connectivity index (χ2v) is 5.69. The van der Waals surface area contributed by atoms with Crippen LogP contribution in [0.2, 0.25) is 0 Å². The third kappa shape index (κ3) is 5.09. The van der Waals surface area contributed by atoms with Crippen molar-refractivity contribution in [3.8, 4) is 0 Å². The van der Waals surface area contributed by atoms with E-state index >= 15 is 0 Å². The number of urea groups is 1. The van der Waals surface area contributed by atoms with Gasteiger partial charge in [0, 0.05) is 25.7 Å². The zero-order chi connectivity index (χ0) is 14.4. The van der Waals surface area contributed by atoms with E-state index in [2.05, 4.69) is 12.2 Å². The van der Waals surface area contributed by atoms with Gasteiger partial charge in [-0.1, -0.05) is 6.92 Å². The summed E-state index contributed by atoms with van der Waals surface area (Å²) in [7, 11) is 0. The van der Waals surface area contributed by atoms with Gasteiger partial charge in [0.15, 0.2) is 0 Å². The number of hydrogen-bond donors (Lipinski definition) is 1. The first-order chi connectivity index (χ1) is 8.93. The first-order valence-electron chi connectivity index (χ1n) is 7.27. The Kier molecular flexibility index (Phi) is 6.12. The van der Waals surface area contributed by atoms with Crippen LogP contribution in [-0.4, -0.2) is 54.0 Å². The summed E-state index contributed by atoms with van der Waals surface area (Å²) in [6, 6.07) is 0.102. The Balaban J connectivity index is 2.49. The van der Waals surface area contributed by atoms with Crippen molar-refractivity contribution in [2.45, 2.75) is 46.6 Å². The summed E-state index contributed by atoms with van der Waals surface area (Å²) >= 11 is 0. The molecule has 1 aliphatic heterocycles. The minimum absolute atomic E-state index is 0.00620. The van der Waals surface area contributed by atoms with Crippen LogP contribution in [-0.2, 0) is 4.79 Å². The topological polar surface area (TPSA) is 52.7 Å². The van der Waals surface area contributed by atoms with Gasteiger partial charge in [0.2, 0.25) is 5.91 Å². The number of nitrogens with one attached hydrogen (secondary N) is 1. The first kappa shape index (κ1) is 15.8. The lowest BCUT2D eigenvalue weighted by Crippen LogP contribution is -2.50. The Morgan fingerprint density at radius 2 is 1.89 bits per heavy atom. The summed E-state index contributed by atoms with van der Waals surface area (Å²) in [4.78, 5) is 27.6. The van der Waals surface area contributed by atoms with E-state index in [4.69, 9.17) is 0 Å². The average molecular weight is 269 g/mol. The highest BCUT2D eigenvalue weighted by atomic mass is 16.2. The maximum absolute atomic E-state index is 12.3. The van der Waals surface area contributed by atoms with Gasteiger partial charge in [0.05, 0.1) is 0 Å². The van der Waals surface area contributed by atoms with Gasteiger partial charge in [-0.15, -0.1) is 0 Å². The molecule has 110 valence electrons. The summed E-state index contributed by atoms with van der Waals surface area (Å²) in [6.45, 7) is 10.3. The van der Waals surface area contributed by atoms with E-state index in [0.29, 0.717) is 12.5 Å². The summed E-state index contributed by atoms with van der Waals surface area (Å²) in [6.07, 6.45) is 2.11. The maximum atomic E-state index is 12.3. The lowest BCUT2D eigenvalue weighted by atomic mass is 10.00. The van der Waals surface area contributed by atoms with Gasteiger partial charge in [-0.2, -0.15) is 0 Å². The zero-order valence-corrected chi connectivity index (χ0v) is 12.6. The molecule has 0 unspecified atom stereocenters. The molecule has 1 N–H and O–H groups in total. The molecule has 0 atom stereocenters. The molecule has 1 aliphatic rings. The summed E-state index contributed by atoms with van der Waals surface area (Å²) in [5.74, 6) is 0.610. The number of piperidine rings is 1. The number of amides is 3. The molecule has 5 heteroatoms. The Morgan fingerprint density at radius 1 is 1.32 bits per heavy atom. The number of carbonyl (C=O) groups is 2. The van der Waals surface area contributed by atoms with Crippen LogP contribution in [0.15, 0.2) is 0 Å². The van der Waals surface area contributed by atoms with Crippen LogP contribution in [0.1, 0.15) is 40.5 Å². The number of nitrogens with zero attached hydrogens (tertiary/aromatic N) is 2. The van der Waals surface area contributed by atoms with Crippen LogP contribution in [0.4, 0.5) is 4.79 Å². The summed E-state index contributed by atoms with van der Waals surface area (Å²) in [5.41, 5.74) is 0. The molecule has 1 heterocycles. The van der Waals surface area contributed by atoms with E-state index in [-0.39, 0.29) is 24.5 Å². The van der Waals surface area contributed by atoms with Crippen molar-refractivity contribution in [2.75, 3.05) is 26.2 Å². The number of hydrogen-bond acceptors (Lipinski definition) is 2. The number of rotatable bonds is 4. The minimum atomic E-state index is -0.0874. The Labute approximate surface area is 116 Å². The van der Waals surface area contributed by atoms with E-state index < -0.39 is 0 Å². The number of carbonyl (C=O) groups excluding carboxylic acids is 2. The van der Waals surface area contributed by atoms with Crippen LogP contribution in [0.25, 0.3) is 0 Å². The zero-order valence-electron chi connectivity index (χ0n) is 12.6. The van der Waals surface area contributed by atoms with Crippen molar-refractivity contribution < 1.29 is 9.59 Å². The molecular weight excluding hydrogens is 242 g/mol. The van der Waals surface area contributed by atoms with E-state index in [1.165, 1.54) is 0 Å². The molecule has 0 saturated carbocycles. The Morgan fingerprint density at radius 3 is 2.37 bits per heavy atom. The monoisotopic (exact) mass is 269 g/mol. The highest BCUT2D eigenvalue weighted by molar-refractivity contribution is 5.84. The van der Waals surface area contributed by atoms with Crippen molar-refractivity contribution in [1.82, 2.24) is 15.1 Å². The molecule has 1 rings (SSSR count). The molecule has 0 aromatic heterocycles. The molecule has 19 heavy (non-hydrogen) atoms. The fraction of sp³-hybridized carbons (Fsp3) is 0.857. The Bertz CT molecular complexity index is 310. The van der Waals surface area contributed by atoms with E-state index in [0.717, 1.165) is 25.9 Å². The minimum Gasteiger partial charge on any atom is -0.352 e. The predicted molar refractivity (Wildman–Crippen MR) is 75.9 cm³/mol. The third-order valence-corrected chi connectivity index (χ3v) is 3.49. The molecule has 5 nitrogen and oxygen atoms in total. The van der Waals surface area contributed by atoms with Gasteiger partial charge in [-0.05, 0) is 39.5 Å². The normalized spacial score (nSPS) is 16.6. The van der Waals surface area contributed by atoms with Crippen LogP contribution < -0.4 is 5.32 Å². The quantitative estimate of drug-likeness (QED) is 0.844. The SMILES string of the molecule is CCN(CC(=O)NC(C)C)C(=O)N1CCC(C)CC1. The fourth-order valence-corrected chi connectivity index (χ4v) is 2.26. The molecule has 3 amide bonds. The molecule has 1 fully saturated rings. The predicted octanol–water partition coefficient (Wildman–Crippen LogP) is 1.68. The highest BCUT2D eigenvalue weighted by Gasteiger charge is 2.25. The van der Waals surface area contributed by atoms with Crippen molar-refractivity contribution in [3.05, 3.63) is 0 Å². The smallest absolute Gasteiger partial charge is 0.320 e. The Hall–Kier alpha value is -1.26. The molecule has 1 saturated heterocycles. The molecule has 0 bridgehead atoms. The van der Waals surface area contributed by atoms with Crippen molar-refractivity contribution >= 4 is 11.9 Å². The third-order valence-electron chi connectivity index (χ3n) is 3.49. The van der Waals surface area contributed by atoms with Gasteiger partial charge in [0.25, 0.3) is 0 Å².